The van der Waals surface area contributed by atoms with E-state index >= 15 is 0 Å². The summed E-state index contributed by atoms with van der Waals surface area (Å²) >= 11 is 0. The molecule has 1 amide bonds. The fraction of sp³-hybridized carbons (Fsp3) is 0.438. The first-order valence-corrected chi connectivity index (χ1v) is 7.14. The number of hydrogen-bond donors (Lipinski definition) is 1. The Morgan fingerprint density at radius 1 is 1.14 bits per heavy atom. The molecule has 0 heterocycles. The third-order valence-corrected chi connectivity index (χ3v) is 2.67. The molecular weight excluding hydrogens is 286 g/mol. The summed E-state index contributed by atoms with van der Waals surface area (Å²) in [5, 5.41) is 2.64. The second kappa shape index (κ2) is 9.55. The molecule has 120 valence electrons. The van der Waals surface area contributed by atoms with Crippen LogP contribution in [0.2, 0.25) is 0 Å². The Morgan fingerprint density at radius 3 is 2.32 bits per heavy atom. The minimum absolute atomic E-state index is 0.234. The molecule has 1 aromatic rings. The highest BCUT2D eigenvalue weighted by molar-refractivity contribution is 5.83. The highest BCUT2D eigenvalue weighted by Gasteiger charge is 2.04. The Balaban J connectivity index is 2.28. The average Bonchev–Trinajstić information content (AvgIpc) is 2.52. The fourth-order valence-electron chi connectivity index (χ4n) is 1.62. The monoisotopic (exact) mass is 307 g/mol. The Bertz CT molecular complexity index is 487. The van der Waals surface area contributed by atoms with E-state index in [1.165, 1.54) is 6.07 Å². The maximum Gasteiger partial charge on any atom is 0.407 e. The van der Waals surface area contributed by atoms with E-state index in [4.69, 9.17) is 9.47 Å². The molecule has 1 N–H and O–H groups in total. The molecule has 0 bridgehead atoms. The van der Waals surface area contributed by atoms with Gasteiger partial charge in [0.15, 0.2) is 0 Å². The van der Waals surface area contributed by atoms with Crippen LogP contribution >= 0.6 is 0 Å². The Morgan fingerprint density at radius 2 is 1.77 bits per heavy atom. The second-order valence-corrected chi connectivity index (χ2v) is 5.18. The van der Waals surface area contributed by atoms with Gasteiger partial charge in [-0.25, -0.2) is 4.79 Å². The maximum atomic E-state index is 11.3. The van der Waals surface area contributed by atoms with Crippen molar-refractivity contribution in [2.24, 2.45) is 5.92 Å². The Labute approximate surface area is 129 Å². The highest BCUT2D eigenvalue weighted by Crippen LogP contribution is 2.15. The zero-order valence-corrected chi connectivity index (χ0v) is 12.8. The lowest BCUT2D eigenvalue weighted by Gasteiger charge is -2.10. The van der Waals surface area contributed by atoms with E-state index in [1.54, 1.807) is 12.1 Å². The molecule has 0 fully saturated rings. The van der Waals surface area contributed by atoms with Crippen LogP contribution in [0, 0.1) is 5.92 Å². The number of aldehydes is 2. The number of carbonyl (C=O) groups is 3. The number of benzene rings is 1. The van der Waals surface area contributed by atoms with Crippen LogP contribution in [0.15, 0.2) is 18.2 Å². The van der Waals surface area contributed by atoms with Gasteiger partial charge < -0.3 is 14.8 Å². The quantitative estimate of drug-likeness (QED) is 0.560. The first-order chi connectivity index (χ1) is 10.5. The van der Waals surface area contributed by atoms with Gasteiger partial charge in [0.1, 0.15) is 18.3 Å². The highest BCUT2D eigenvalue weighted by atomic mass is 16.5. The summed E-state index contributed by atoms with van der Waals surface area (Å²) in [7, 11) is 0. The molecule has 0 saturated heterocycles. The predicted molar refractivity (Wildman–Crippen MR) is 81.5 cm³/mol. The molecule has 0 spiro atoms. The first-order valence-electron chi connectivity index (χ1n) is 7.14. The molecule has 0 unspecified atom stereocenters. The number of rotatable bonds is 9. The Hall–Kier alpha value is -2.37. The summed E-state index contributed by atoms with van der Waals surface area (Å²) in [6.45, 7) is 5.11. The molecule has 0 aliphatic heterocycles. The summed E-state index contributed by atoms with van der Waals surface area (Å²) in [5.74, 6) is 0.809. The summed E-state index contributed by atoms with van der Waals surface area (Å²) in [6, 6.07) is 4.58. The van der Waals surface area contributed by atoms with Crippen LogP contribution in [-0.4, -0.2) is 38.4 Å². The van der Waals surface area contributed by atoms with Gasteiger partial charge in [0.2, 0.25) is 0 Å². The van der Waals surface area contributed by atoms with Crippen molar-refractivity contribution in [2.45, 2.75) is 20.3 Å². The summed E-state index contributed by atoms with van der Waals surface area (Å²) < 4.78 is 10.4. The van der Waals surface area contributed by atoms with Crippen molar-refractivity contribution in [2.75, 3.05) is 19.8 Å². The standard InChI is InChI=1S/C16H21NO5/c1-12(2)9-17-16(20)22-5-3-4-21-15-7-13(10-18)6-14(8-15)11-19/h6-8,10-12H,3-5,9H2,1-2H3,(H,17,20). The van der Waals surface area contributed by atoms with Gasteiger partial charge in [-0.15, -0.1) is 0 Å². The third-order valence-electron chi connectivity index (χ3n) is 2.67. The van der Waals surface area contributed by atoms with Crippen molar-refractivity contribution in [1.29, 1.82) is 0 Å². The van der Waals surface area contributed by atoms with Gasteiger partial charge in [0.05, 0.1) is 13.2 Å². The summed E-state index contributed by atoms with van der Waals surface area (Å²) in [4.78, 5) is 32.8. The number of amides is 1. The predicted octanol–water partition coefficient (Wildman–Crippen LogP) is 2.46. The Kier molecular flexibility index (Phi) is 7.67. The van der Waals surface area contributed by atoms with Crippen molar-refractivity contribution in [1.82, 2.24) is 5.32 Å². The smallest absolute Gasteiger partial charge is 0.407 e. The summed E-state index contributed by atoms with van der Waals surface area (Å²) in [5.41, 5.74) is 0.757. The van der Waals surface area contributed by atoms with Crippen molar-refractivity contribution in [3.63, 3.8) is 0 Å². The molecule has 0 atom stereocenters. The second-order valence-electron chi connectivity index (χ2n) is 5.18. The molecule has 6 nitrogen and oxygen atoms in total. The van der Waals surface area contributed by atoms with Gasteiger partial charge in [-0.3, -0.25) is 9.59 Å². The topological polar surface area (TPSA) is 81.7 Å². The van der Waals surface area contributed by atoms with Crippen LogP contribution in [-0.2, 0) is 4.74 Å². The average molecular weight is 307 g/mol. The van der Waals surface area contributed by atoms with Gasteiger partial charge in [-0.2, -0.15) is 0 Å². The molecule has 0 radical (unpaired) electrons. The lowest BCUT2D eigenvalue weighted by Crippen LogP contribution is -2.28. The van der Waals surface area contributed by atoms with Gasteiger partial charge in [0, 0.05) is 24.1 Å². The number of alkyl carbamates (subject to hydrolysis) is 1. The van der Waals surface area contributed by atoms with E-state index in [-0.39, 0.29) is 6.61 Å². The molecule has 0 aliphatic carbocycles. The van der Waals surface area contributed by atoms with Crippen LogP contribution in [0.4, 0.5) is 4.79 Å². The van der Waals surface area contributed by atoms with Gasteiger partial charge in [0.25, 0.3) is 0 Å². The van der Waals surface area contributed by atoms with Gasteiger partial charge >= 0.3 is 6.09 Å². The van der Waals surface area contributed by atoms with E-state index in [0.717, 1.165) is 0 Å². The lowest BCUT2D eigenvalue weighted by atomic mass is 10.1. The van der Waals surface area contributed by atoms with Crippen LogP contribution in [0.5, 0.6) is 5.75 Å². The number of hydrogen-bond acceptors (Lipinski definition) is 5. The maximum absolute atomic E-state index is 11.3. The molecule has 1 rings (SSSR count). The first kappa shape index (κ1) is 17.7. The molecule has 0 aromatic heterocycles. The number of ether oxygens (including phenoxy) is 2. The minimum Gasteiger partial charge on any atom is -0.493 e. The van der Waals surface area contributed by atoms with E-state index in [9.17, 15) is 14.4 Å². The van der Waals surface area contributed by atoms with Crippen LogP contribution in [0.3, 0.4) is 0 Å². The van der Waals surface area contributed by atoms with Crippen LogP contribution in [0.25, 0.3) is 0 Å². The molecular formula is C16H21NO5. The SMILES string of the molecule is CC(C)CNC(=O)OCCCOc1cc(C=O)cc(C=O)c1. The van der Waals surface area contributed by atoms with E-state index in [1.807, 2.05) is 13.8 Å². The molecule has 6 heteroatoms. The van der Waals surface area contributed by atoms with Gasteiger partial charge in [-0.1, -0.05) is 13.8 Å². The summed E-state index contributed by atoms with van der Waals surface area (Å²) in [6.07, 6.45) is 1.38. The van der Waals surface area contributed by atoms with E-state index < -0.39 is 6.09 Å². The molecule has 1 aromatic carbocycles. The van der Waals surface area contributed by atoms with Crippen LogP contribution in [0.1, 0.15) is 41.0 Å². The van der Waals surface area contributed by atoms with Crippen molar-refractivity contribution < 1.29 is 23.9 Å². The van der Waals surface area contributed by atoms with Gasteiger partial charge in [-0.05, 0) is 24.1 Å². The largest absolute Gasteiger partial charge is 0.493 e. The number of carbonyl (C=O) groups excluding carboxylic acids is 3. The fourth-order valence-corrected chi connectivity index (χ4v) is 1.62. The molecule has 0 aliphatic rings. The van der Waals surface area contributed by atoms with Crippen molar-refractivity contribution in [3.8, 4) is 5.75 Å². The lowest BCUT2D eigenvalue weighted by molar-refractivity contribution is 0.112. The van der Waals surface area contributed by atoms with Crippen molar-refractivity contribution in [3.05, 3.63) is 29.3 Å². The normalized spacial score (nSPS) is 10.1. The zero-order valence-electron chi connectivity index (χ0n) is 12.8. The molecule has 22 heavy (non-hydrogen) atoms. The minimum atomic E-state index is -0.445. The zero-order chi connectivity index (χ0) is 16.4. The van der Waals surface area contributed by atoms with Crippen molar-refractivity contribution >= 4 is 18.7 Å². The van der Waals surface area contributed by atoms with E-state index in [0.29, 0.717) is 54.9 Å². The third kappa shape index (κ3) is 6.88. The molecule has 0 saturated carbocycles. The number of nitrogens with one attached hydrogen (secondary N) is 1. The van der Waals surface area contributed by atoms with E-state index in [2.05, 4.69) is 5.32 Å². The van der Waals surface area contributed by atoms with Crippen LogP contribution < -0.4 is 10.1 Å².